The number of hydrogen-bond acceptors (Lipinski definition) is 9. The van der Waals surface area contributed by atoms with Crippen molar-refractivity contribution in [2.24, 2.45) is 11.7 Å². The smallest absolute Gasteiger partial charge is 0.254 e. The number of aliphatic hydroxyl groups is 1. The zero-order chi connectivity index (χ0) is 28.7. The predicted molar refractivity (Wildman–Crippen MR) is 140 cm³/mol. The molecule has 3 N–H and O–H groups in total. The van der Waals surface area contributed by atoms with Gasteiger partial charge in [-0.3, -0.25) is 9.59 Å². The Morgan fingerprint density at radius 2 is 1.87 bits per heavy atom. The molecule has 1 aromatic heterocycles. The normalized spacial score (nSPS) is 20.7. The first-order valence-electron chi connectivity index (χ1n) is 13.2. The Morgan fingerprint density at radius 1 is 1.23 bits per heavy atom. The van der Waals surface area contributed by atoms with E-state index in [1.54, 1.807) is 37.3 Å². The standard InChI is InChI=1S/C28H38N4O7/c1-6-36-24(37-7-2)16-38-23-12-22(39-31-23)25(17(3)4)26(34)32-15-21(33)13-28(32,27(30)35)18(5)20-10-8-19(14-29)9-11-20/h8-12,17-18,21,24-25,33H,6-7,13,15-16H2,1-5H3,(H2,30,35)/t18-,21?,25+,28?/m0/s1. The number of β-amino-alcohol motifs (C(OH)–C–C–N with tert-alkyl or cyclic N) is 1. The highest BCUT2D eigenvalue weighted by Gasteiger charge is 2.57. The Hall–Kier alpha value is -3.46. The van der Waals surface area contributed by atoms with Crippen LogP contribution in [0.2, 0.25) is 0 Å². The van der Waals surface area contributed by atoms with E-state index >= 15 is 0 Å². The maximum absolute atomic E-state index is 14.1. The number of nitrogens with zero attached hydrogens (tertiary/aromatic N) is 3. The third kappa shape index (κ3) is 6.41. The second-order valence-corrected chi connectivity index (χ2v) is 9.99. The Morgan fingerprint density at radius 3 is 2.41 bits per heavy atom. The Bertz CT molecular complexity index is 1150. The van der Waals surface area contributed by atoms with E-state index in [1.165, 1.54) is 4.90 Å². The lowest BCUT2D eigenvalue weighted by atomic mass is 9.76. The first-order chi connectivity index (χ1) is 18.6. The van der Waals surface area contributed by atoms with Crippen molar-refractivity contribution in [2.45, 2.75) is 70.8 Å². The van der Waals surface area contributed by atoms with Gasteiger partial charge in [0.05, 0.1) is 17.7 Å². The van der Waals surface area contributed by atoms with Gasteiger partial charge < -0.3 is 34.5 Å². The monoisotopic (exact) mass is 542 g/mol. The van der Waals surface area contributed by atoms with Gasteiger partial charge in [0, 0.05) is 38.2 Å². The van der Waals surface area contributed by atoms with Crippen LogP contribution in [0.3, 0.4) is 0 Å². The van der Waals surface area contributed by atoms with E-state index in [2.05, 4.69) is 11.2 Å². The van der Waals surface area contributed by atoms with E-state index in [0.717, 1.165) is 0 Å². The van der Waals surface area contributed by atoms with Crippen molar-refractivity contribution >= 4 is 11.8 Å². The number of amides is 2. The van der Waals surface area contributed by atoms with Gasteiger partial charge in [-0.05, 0) is 42.6 Å². The third-order valence-corrected chi connectivity index (χ3v) is 7.19. The number of aliphatic hydroxyl groups excluding tert-OH is 1. The number of carbonyl (C=O) groups excluding carboxylic acids is 2. The molecule has 0 bridgehead atoms. The topological polar surface area (TPSA) is 161 Å². The SMILES string of the molecule is CCOC(COc1cc([C@H](C(=O)N2CC(O)CC2(C(N)=O)[C@@H](C)c2ccc(C#N)cc2)C(C)C)on1)OCC. The molecule has 0 saturated carbocycles. The number of aromatic nitrogens is 1. The van der Waals surface area contributed by atoms with Crippen LogP contribution in [0.1, 0.15) is 69.8 Å². The summed E-state index contributed by atoms with van der Waals surface area (Å²) in [5.41, 5.74) is 5.68. The molecule has 39 heavy (non-hydrogen) atoms. The quantitative estimate of drug-likeness (QED) is 0.363. The molecule has 1 aromatic carbocycles. The first-order valence-corrected chi connectivity index (χ1v) is 13.2. The van der Waals surface area contributed by atoms with Crippen LogP contribution in [0.4, 0.5) is 0 Å². The van der Waals surface area contributed by atoms with Crippen LogP contribution in [0, 0.1) is 17.2 Å². The van der Waals surface area contributed by atoms with Crippen molar-refractivity contribution in [3.63, 3.8) is 0 Å². The van der Waals surface area contributed by atoms with Crippen molar-refractivity contribution in [3.8, 4) is 11.9 Å². The van der Waals surface area contributed by atoms with Crippen LogP contribution in [0.5, 0.6) is 5.88 Å². The molecule has 2 unspecified atom stereocenters. The van der Waals surface area contributed by atoms with Crippen LogP contribution in [-0.4, -0.2) is 71.3 Å². The molecule has 3 rings (SSSR count). The molecule has 11 nitrogen and oxygen atoms in total. The maximum Gasteiger partial charge on any atom is 0.254 e. The van der Waals surface area contributed by atoms with Crippen LogP contribution in [0.15, 0.2) is 34.9 Å². The lowest BCUT2D eigenvalue weighted by Crippen LogP contribution is -2.60. The molecule has 4 atom stereocenters. The molecule has 1 fully saturated rings. The van der Waals surface area contributed by atoms with Gasteiger partial charge >= 0.3 is 0 Å². The average Bonchev–Trinajstić information content (AvgIpc) is 3.52. The number of ether oxygens (including phenoxy) is 3. The number of benzene rings is 1. The first kappa shape index (κ1) is 30.1. The van der Waals surface area contributed by atoms with Gasteiger partial charge in [0.1, 0.15) is 18.1 Å². The van der Waals surface area contributed by atoms with Crippen molar-refractivity contribution < 1.29 is 33.4 Å². The van der Waals surface area contributed by atoms with E-state index < -0.39 is 41.6 Å². The van der Waals surface area contributed by atoms with E-state index in [-0.39, 0.29) is 37.1 Å². The minimum Gasteiger partial charge on any atom is -0.470 e. The number of likely N-dealkylation sites (tertiary alicyclic amines) is 1. The van der Waals surface area contributed by atoms with E-state index in [9.17, 15) is 14.7 Å². The summed E-state index contributed by atoms with van der Waals surface area (Å²) in [6.07, 6.45) is -1.53. The van der Waals surface area contributed by atoms with Crippen molar-refractivity contribution in [1.82, 2.24) is 10.1 Å². The van der Waals surface area contributed by atoms with Crippen molar-refractivity contribution in [2.75, 3.05) is 26.4 Å². The summed E-state index contributed by atoms with van der Waals surface area (Å²) in [5, 5.41) is 23.8. The van der Waals surface area contributed by atoms with Gasteiger partial charge in [0.25, 0.3) is 5.88 Å². The molecule has 0 aliphatic carbocycles. The van der Waals surface area contributed by atoms with Gasteiger partial charge in [0.15, 0.2) is 12.1 Å². The zero-order valence-electron chi connectivity index (χ0n) is 23.1. The number of hydrogen-bond donors (Lipinski definition) is 2. The van der Waals surface area contributed by atoms with Gasteiger partial charge in [-0.25, -0.2) is 0 Å². The van der Waals surface area contributed by atoms with Crippen molar-refractivity contribution in [1.29, 1.82) is 5.26 Å². The Labute approximate surface area is 228 Å². The molecule has 2 heterocycles. The molecule has 2 aromatic rings. The fourth-order valence-corrected chi connectivity index (χ4v) is 5.23. The highest BCUT2D eigenvalue weighted by Crippen LogP contribution is 2.44. The Balaban J connectivity index is 1.91. The molecular weight excluding hydrogens is 504 g/mol. The summed E-state index contributed by atoms with van der Waals surface area (Å²) in [7, 11) is 0. The average molecular weight is 543 g/mol. The van der Waals surface area contributed by atoms with Gasteiger partial charge in [-0.1, -0.05) is 32.9 Å². The largest absolute Gasteiger partial charge is 0.470 e. The summed E-state index contributed by atoms with van der Waals surface area (Å²) in [4.78, 5) is 28.6. The lowest BCUT2D eigenvalue weighted by Gasteiger charge is -2.42. The molecule has 0 radical (unpaired) electrons. The Kier molecular flexibility index (Phi) is 10.1. The predicted octanol–water partition coefficient (Wildman–Crippen LogP) is 2.68. The summed E-state index contributed by atoms with van der Waals surface area (Å²) in [5.74, 6) is -2.31. The highest BCUT2D eigenvalue weighted by atomic mass is 16.7. The molecular formula is C28H38N4O7. The minimum absolute atomic E-state index is 0.0128. The summed E-state index contributed by atoms with van der Waals surface area (Å²) in [6, 6.07) is 10.4. The van der Waals surface area contributed by atoms with Crippen LogP contribution >= 0.6 is 0 Å². The number of primary amides is 1. The maximum atomic E-state index is 14.1. The fraction of sp³-hybridized carbons (Fsp3) is 0.571. The molecule has 11 heteroatoms. The molecule has 2 amide bonds. The second-order valence-electron chi connectivity index (χ2n) is 9.99. The van der Waals surface area contributed by atoms with E-state index in [0.29, 0.717) is 24.3 Å². The summed E-state index contributed by atoms with van der Waals surface area (Å²) < 4.78 is 22.2. The number of carbonyl (C=O) groups is 2. The molecule has 0 spiro atoms. The second kappa shape index (κ2) is 13.1. The summed E-state index contributed by atoms with van der Waals surface area (Å²) in [6.45, 7) is 10.1. The van der Waals surface area contributed by atoms with Crippen LogP contribution in [-0.2, 0) is 19.1 Å². The number of nitriles is 1. The number of rotatable bonds is 13. The number of nitrogens with two attached hydrogens (primary N) is 1. The molecule has 1 aliphatic heterocycles. The highest BCUT2D eigenvalue weighted by molar-refractivity contribution is 5.94. The zero-order valence-corrected chi connectivity index (χ0v) is 23.1. The molecule has 212 valence electrons. The van der Waals surface area contributed by atoms with Gasteiger partial charge in [0.2, 0.25) is 11.8 Å². The summed E-state index contributed by atoms with van der Waals surface area (Å²) >= 11 is 0. The van der Waals surface area contributed by atoms with Crippen LogP contribution < -0.4 is 10.5 Å². The van der Waals surface area contributed by atoms with Crippen molar-refractivity contribution in [3.05, 3.63) is 47.2 Å². The van der Waals surface area contributed by atoms with E-state index in [4.69, 9.17) is 29.7 Å². The van der Waals surface area contributed by atoms with Gasteiger partial charge in [-0.2, -0.15) is 5.26 Å². The molecule has 1 saturated heterocycles. The minimum atomic E-state index is -1.49. The fourth-order valence-electron chi connectivity index (χ4n) is 5.23. The lowest BCUT2D eigenvalue weighted by molar-refractivity contribution is -0.153. The third-order valence-electron chi connectivity index (χ3n) is 7.19. The molecule has 1 aliphatic rings. The van der Waals surface area contributed by atoms with Gasteiger partial charge in [-0.15, -0.1) is 0 Å². The van der Waals surface area contributed by atoms with E-state index in [1.807, 2.05) is 27.7 Å². The van der Waals surface area contributed by atoms with Crippen LogP contribution in [0.25, 0.3) is 0 Å².